The summed E-state index contributed by atoms with van der Waals surface area (Å²) in [6.45, 7) is 3.73. The average molecular weight is 382 g/mol. The van der Waals surface area contributed by atoms with Crippen LogP contribution in [0.3, 0.4) is 0 Å². The predicted octanol–water partition coefficient (Wildman–Crippen LogP) is 2.80. The van der Waals surface area contributed by atoms with Crippen molar-refractivity contribution in [2.45, 2.75) is 43.6 Å². The summed E-state index contributed by atoms with van der Waals surface area (Å²) >= 11 is 0. The van der Waals surface area contributed by atoms with E-state index in [1.54, 1.807) is 13.2 Å². The fraction of sp³-hybridized carbons (Fsp3) is 0.565. The van der Waals surface area contributed by atoms with Gasteiger partial charge < -0.3 is 14.6 Å². The Morgan fingerprint density at radius 1 is 1.29 bits per heavy atom. The van der Waals surface area contributed by atoms with Gasteiger partial charge in [0, 0.05) is 18.3 Å². The molecule has 1 aromatic rings. The molecule has 2 saturated carbocycles. The second-order valence-corrected chi connectivity index (χ2v) is 8.91. The third kappa shape index (κ3) is 2.06. The molecule has 5 nitrogen and oxygen atoms in total. The van der Waals surface area contributed by atoms with Crippen LogP contribution in [0.4, 0.5) is 0 Å². The van der Waals surface area contributed by atoms with Gasteiger partial charge in [0.1, 0.15) is 11.2 Å². The van der Waals surface area contributed by atoms with Crippen LogP contribution in [-0.4, -0.2) is 36.2 Å². The third-order valence-corrected chi connectivity index (χ3v) is 8.02. The van der Waals surface area contributed by atoms with Crippen LogP contribution in [-0.2, 0) is 20.7 Å². The number of methoxy groups -OCH3 is 1. The SMILES string of the molecule is C=C[C@@H]1CC[C@H]2[C@@H]3CCc4cc(OC)ccc4[C@@H]3[C@]3(C[C@@]12O)C(=O)COC3=O. The third-order valence-electron chi connectivity index (χ3n) is 8.02. The Morgan fingerprint density at radius 2 is 2.11 bits per heavy atom. The Labute approximate surface area is 164 Å². The molecule has 1 N–H and O–H groups in total. The van der Waals surface area contributed by atoms with E-state index < -0.39 is 17.0 Å². The Kier molecular flexibility index (Phi) is 3.80. The van der Waals surface area contributed by atoms with Gasteiger partial charge in [-0.15, -0.1) is 6.58 Å². The molecule has 3 fully saturated rings. The van der Waals surface area contributed by atoms with Crippen LogP contribution in [0.1, 0.15) is 42.7 Å². The second-order valence-electron chi connectivity index (χ2n) is 8.91. The van der Waals surface area contributed by atoms with Crippen LogP contribution >= 0.6 is 0 Å². The number of rotatable bonds is 2. The highest BCUT2D eigenvalue weighted by Crippen LogP contribution is 2.66. The number of hydrogen-bond acceptors (Lipinski definition) is 5. The number of ketones is 1. The zero-order chi connectivity index (χ0) is 19.7. The van der Waals surface area contributed by atoms with Crippen LogP contribution in [0.25, 0.3) is 0 Å². The Balaban J connectivity index is 1.71. The molecule has 0 radical (unpaired) electrons. The van der Waals surface area contributed by atoms with Crippen LogP contribution in [0.5, 0.6) is 5.75 Å². The molecule has 0 aromatic heterocycles. The van der Waals surface area contributed by atoms with Gasteiger partial charge in [-0.1, -0.05) is 12.1 Å². The van der Waals surface area contributed by atoms with Crippen molar-refractivity contribution >= 4 is 11.8 Å². The fourth-order valence-electron chi connectivity index (χ4n) is 6.85. The highest BCUT2D eigenvalue weighted by molar-refractivity contribution is 6.10. The van der Waals surface area contributed by atoms with Gasteiger partial charge in [-0.2, -0.15) is 0 Å². The summed E-state index contributed by atoms with van der Waals surface area (Å²) < 4.78 is 10.7. The summed E-state index contributed by atoms with van der Waals surface area (Å²) in [6, 6.07) is 5.93. The molecule has 0 unspecified atom stereocenters. The number of aryl methyl sites for hydroxylation is 1. The molecule has 3 aliphatic carbocycles. The fourth-order valence-corrected chi connectivity index (χ4v) is 6.85. The lowest BCUT2D eigenvalue weighted by molar-refractivity contribution is -0.171. The monoisotopic (exact) mass is 382 g/mol. The molecule has 0 bridgehead atoms. The molecule has 28 heavy (non-hydrogen) atoms. The molecule has 1 saturated heterocycles. The summed E-state index contributed by atoms with van der Waals surface area (Å²) in [5, 5.41) is 11.7. The van der Waals surface area contributed by atoms with Crippen LogP contribution < -0.4 is 4.74 Å². The minimum Gasteiger partial charge on any atom is -0.497 e. The van der Waals surface area contributed by atoms with Crippen LogP contribution in [0, 0.1) is 23.2 Å². The molecule has 5 rings (SSSR count). The number of esters is 1. The summed E-state index contributed by atoms with van der Waals surface area (Å²) in [5.74, 6) is -0.0314. The summed E-state index contributed by atoms with van der Waals surface area (Å²) in [6.07, 6.45) is 5.41. The molecule has 148 valence electrons. The standard InChI is InChI=1S/C23H26O5/c1-3-14-5-9-18-17-7-4-13-10-15(27-2)6-8-16(13)20(17)22(12-23(14,18)26)19(24)11-28-21(22)25/h3,6,8,10,14,17-18,20,26H,1,4-5,7,9,11-12H2,2H3/t14-,17+,18+,20+,22+,23-/m1/s1. The van der Waals surface area contributed by atoms with E-state index in [0.717, 1.165) is 42.6 Å². The van der Waals surface area contributed by atoms with E-state index in [1.165, 1.54) is 0 Å². The number of carbonyl (C=O) groups excluding carboxylic acids is 2. The van der Waals surface area contributed by atoms with E-state index in [1.807, 2.05) is 18.2 Å². The average Bonchev–Trinajstić information content (AvgIpc) is 3.18. The van der Waals surface area contributed by atoms with Gasteiger partial charge in [-0.25, -0.2) is 0 Å². The van der Waals surface area contributed by atoms with Gasteiger partial charge >= 0.3 is 5.97 Å². The number of cyclic esters (lactones) is 1. The first kappa shape index (κ1) is 17.9. The highest BCUT2D eigenvalue weighted by Gasteiger charge is 2.71. The number of benzene rings is 1. The number of carbonyl (C=O) groups is 2. The van der Waals surface area contributed by atoms with Gasteiger partial charge in [0.2, 0.25) is 0 Å². The summed E-state index contributed by atoms with van der Waals surface area (Å²) in [5.41, 5.74) is -0.165. The highest BCUT2D eigenvalue weighted by atomic mass is 16.5. The number of Topliss-reactive ketones (excluding diaryl/α,β-unsaturated/α-hetero) is 1. The van der Waals surface area contributed by atoms with Gasteiger partial charge in [-0.3, -0.25) is 9.59 Å². The molecular formula is C23H26O5. The lowest BCUT2D eigenvalue weighted by atomic mass is 9.48. The largest absolute Gasteiger partial charge is 0.497 e. The molecule has 1 heterocycles. The van der Waals surface area contributed by atoms with E-state index in [-0.39, 0.29) is 42.5 Å². The Hall–Kier alpha value is -2.14. The normalized spacial score (nSPS) is 41.2. The van der Waals surface area contributed by atoms with E-state index in [0.29, 0.717) is 0 Å². The van der Waals surface area contributed by atoms with Crippen molar-refractivity contribution in [3.05, 3.63) is 42.0 Å². The van der Waals surface area contributed by atoms with Crippen molar-refractivity contribution in [1.82, 2.24) is 0 Å². The maximum Gasteiger partial charge on any atom is 0.320 e. The van der Waals surface area contributed by atoms with E-state index in [2.05, 4.69) is 6.58 Å². The Bertz CT molecular complexity index is 858. The topological polar surface area (TPSA) is 72.8 Å². The predicted molar refractivity (Wildman–Crippen MR) is 102 cm³/mol. The number of hydrogen-bond donors (Lipinski definition) is 1. The van der Waals surface area contributed by atoms with Gasteiger partial charge in [-0.05, 0) is 60.8 Å². The van der Waals surface area contributed by atoms with Gasteiger partial charge in [0.15, 0.2) is 12.4 Å². The minimum atomic E-state index is -1.29. The zero-order valence-corrected chi connectivity index (χ0v) is 16.1. The molecular weight excluding hydrogens is 356 g/mol. The maximum absolute atomic E-state index is 13.2. The molecule has 1 spiro atoms. The van der Waals surface area contributed by atoms with E-state index in [4.69, 9.17) is 9.47 Å². The lowest BCUT2D eigenvalue weighted by Crippen LogP contribution is -2.60. The summed E-state index contributed by atoms with van der Waals surface area (Å²) in [4.78, 5) is 26.2. The maximum atomic E-state index is 13.2. The Morgan fingerprint density at radius 3 is 2.79 bits per heavy atom. The second kappa shape index (κ2) is 5.93. The smallest absolute Gasteiger partial charge is 0.320 e. The number of ether oxygens (including phenoxy) is 2. The molecule has 1 aliphatic heterocycles. The minimum absolute atomic E-state index is 0.0718. The van der Waals surface area contributed by atoms with E-state index in [9.17, 15) is 14.7 Å². The molecule has 4 aliphatic rings. The molecule has 6 atom stereocenters. The molecule has 5 heteroatoms. The quantitative estimate of drug-likeness (QED) is 0.484. The lowest BCUT2D eigenvalue weighted by Gasteiger charge is -2.55. The first-order chi connectivity index (χ1) is 13.5. The van der Waals surface area contributed by atoms with Crippen molar-refractivity contribution < 1.29 is 24.2 Å². The van der Waals surface area contributed by atoms with Crippen LogP contribution in [0.2, 0.25) is 0 Å². The van der Waals surface area contributed by atoms with Crippen molar-refractivity contribution in [2.75, 3.05) is 13.7 Å². The van der Waals surface area contributed by atoms with Crippen LogP contribution in [0.15, 0.2) is 30.9 Å². The first-order valence-corrected chi connectivity index (χ1v) is 10.2. The van der Waals surface area contributed by atoms with Crippen molar-refractivity contribution in [3.8, 4) is 5.75 Å². The van der Waals surface area contributed by atoms with E-state index >= 15 is 0 Å². The molecule has 0 amide bonds. The number of aliphatic hydroxyl groups is 1. The van der Waals surface area contributed by atoms with Crippen molar-refractivity contribution in [3.63, 3.8) is 0 Å². The van der Waals surface area contributed by atoms with Crippen molar-refractivity contribution in [1.29, 1.82) is 0 Å². The number of fused-ring (bicyclic) bond motifs is 6. The zero-order valence-electron chi connectivity index (χ0n) is 16.1. The first-order valence-electron chi connectivity index (χ1n) is 10.2. The van der Waals surface area contributed by atoms with Gasteiger partial charge in [0.25, 0.3) is 0 Å². The molecule has 1 aromatic carbocycles. The van der Waals surface area contributed by atoms with Crippen molar-refractivity contribution in [2.24, 2.45) is 23.2 Å². The summed E-state index contributed by atoms with van der Waals surface area (Å²) in [7, 11) is 1.64. The van der Waals surface area contributed by atoms with Gasteiger partial charge in [0.05, 0.1) is 12.7 Å².